The number of esters is 1. The summed E-state index contributed by atoms with van der Waals surface area (Å²) in [5.41, 5.74) is 3.18. The molecule has 3 aromatic rings. The lowest BCUT2D eigenvalue weighted by molar-refractivity contribution is -0.117. The lowest BCUT2D eigenvalue weighted by Crippen LogP contribution is -2.16. The number of ether oxygens (including phenoxy) is 3. The molecule has 1 fully saturated rings. The Labute approximate surface area is 203 Å². The van der Waals surface area contributed by atoms with Gasteiger partial charge in [-0.05, 0) is 68.5 Å². The topological polar surface area (TPSA) is 73.9 Å². The van der Waals surface area contributed by atoms with Gasteiger partial charge in [-0.25, -0.2) is 4.79 Å². The average molecular weight is 480 g/mol. The molecule has 6 nitrogen and oxygen atoms in total. The first-order valence-electron chi connectivity index (χ1n) is 11.4. The van der Waals surface area contributed by atoms with E-state index in [9.17, 15) is 9.59 Å². The summed E-state index contributed by atoms with van der Waals surface area (Å²) >= 11 is 1.40. The highest BCUT2D eigenvalue weighted by atomic mass is 32.1. The van der Waals surface area contributed by atoms with Gasteiger partial charge < -0.3 is 19.5 Å². The van der Waals surface area contributed by atoms with Gasteiger partial charge in [0.15, 0.2) is 0 Å². The Balaban J connectivity index is 1.58. The number of hydrogen-bond acceptors (Lipinski definition) is 6. The van der Waals surface area contributed by atoms with Gasteiger partial charge in [0.25, 0.3) is 0 Å². The van der Waals surface area contributed by atoms with Crippen molar-refractivity contribution in [2.24, 2.45) is 5.92 Å². The molecule has 1 N–H and O–H groups in total. The van der Waals surface area contributed by atoms with Gasteiger partial charge >= 0.3 is 5.97 Å². The second-order valence-electron chi connectivity index (χ2n) is 8.13. The molecular weight excluding hydrogens is 450 g/mol. The number of benzene rings is 2. The number of nitrogens with one attached hydrogen (secondary N) is 1. The minimum Gasteiger partial charge on any atom is -0.497 e. The van der Waals surface area contributed by atoms with Crippen LogP contribution in [0, 0.1) is 12.8 Å². The molecule has 4 rings (SSSR count). The summed E-state index contributed by atoms with van der Waals surface area (Å²) in [6, 6.07) is 15.4. The molecule has 0 saturated heterocycles. The molecule has 2 atom stereocenters. The van der Waals surface area contributed by atoms with Crippen LogP contribution in [0.1, 0.15) is 47.0 Å². The molecule has 1 aromatic heterocycles. The van der Waals surface area contributed by atoms with Crippen LogP contribution in [0.3, 0.4) is 0 Å². The first-order valence-corrected chi connectivity index (χ1v) is 12.3. The molecule has 0 radical (unpaired) electrons. The third kappa shape index (κ3) is 4.94. The van der Waals surface area contributed by atoms with E-state index in [1.165, 1.54) is 11.3 Å². The number of methoxy groups -OCH3 is 1. The van der Waals surface area contributed by atoms with Crippen LogP contribution in [-0.4, -0.2) is 32.2 Å². The number of carbonyl (C=O) groups is 2. The number of anilines is 1. The lowest BCUT2D eigenvalue weighted by atomic mass is 10.0. The Morgan fingerprint density at radius 3 is 2.29 bits per heavy atom. The zero-order valence-electron chi connectivity index (χ0n) is 19.8. The number of amides is 1. The maximum absolute atomic E-state index is 13.1. The van der Waals surface area contributed by atoms with Crippen LogP contribution in [0.15, 0.2) is 48.5 Å². The third-order valence-corrected chi connectivity index (χ3v) is 6.95. The van der Waals surface area contributed by atoms with Gasteiger partial charge in [0.2, 0.25) is 5.91 Å². The van der Waals surface area contributed by atoms with E-state index in [-0.39, 0.29) is 24.3 Å². The summed E-state index contributed by atoms with van der Waals surface area (Å²) in [5, 5.41) is 3.56. The highest BCUT2D eigenvalue weighted by Gasteiger charge is 2.44. The molecule has 1 amide bonds. The van der Waals surface area contributed by atoms with E-state index in [4.69, 9.17) is 14.2 Å². The van der Waals surface area contributed by atoms with Crippen molar-refractivity contribution in [3.8, 4) is 22.6 Å². The zero-order chi connectivity index (χ0) is 24.2. The first-order chi connectivity index (χ1) is 16.5. The Morgan fingerprint density at radius 2 is 1.68 bits per heavy atom. The van der Waals surface area contributed by atoms with E-state index in [1.807, 2.05) is 62.4 Å². The summed E-state index contributed by atoms with van der Waals surface area (Å²) in [4.78, 5) is 27.0. The number of rotatable bonds is 9. The molecule has 7 heteroatoms. The van der Waals surface area contributed by atoms with Gasteiger partial charge in [-0.3, -0.25) is 4.79 Å². The van der Waals surface area contributed by atoms with E-state index in [0.29, 0.717) is 17.2 Å². The molecular formula is C27H29NO5S. The number of hydrogen-bond donors (Lipinski definition) is 1. The van der Waals surface area contributed by atoms with Crippen molar-refractivity contribution in [1.29, 1.82) is 0 Å². The minimum atomic E-state index is -0.437. The fourth-order valence-electron chi connectivity index (χ4n) is 4.17. The van der Waals surface area contributed by atoms with Crippen LogP contribution in [-0.2, 0) is 9.53 Å². The number of aryl methyl sites for hydroxylation is 1. The lowest BCUT2D eigenvalue weighted by Gasteiger charge is -2.10. The van der Waals surface area contributed by atoms with E-state index < -0.39 is 5.97 Å². The molecule has 178 valence electrons. The summed E-state index contributed by atoms with van der Waals surface area (Å²) in [7, 11) is 1.63. The number of carbonyl (C=O) groups excluding carboxylic acids is 2. The van der Waals surface area contributed by atoms with Crippen LogP contribution >= 0.6 is 11.3 Å². The highest BCUT2D eigenvalue weighted by molar-refractivity contribution is 7.17. The maximum Gasteiger partial charge on any atom is 0.341 e. The molecule has 0 aliphatic heterocycles. The normalized spacial score (nSPS) is 16.6. The highest BCUT2D eigenvalue weighted by Crippen LogP contribution is 2.49. The predicted molar refractivity (Wildman–Crippen MR) is 134 cm³/mol. The SMILES string of the molecule is CCOC(=O)c1c(NC(=O)C2CC2c2ccc(OC)cc2)sc(C)c1-c1ccc(OCC)cc1. The zero-order valence-corrected chi connectivity index (χ0v) is 20.7. The second-order valence-corrected chi connectivity index (χ2v) is 9.35. The second kappa shape index (κ2) is 10.3. The molecule has 34 heavy (non-hydrogen) atoms. The third-order valence-electron chi connectivity index (χ3n) is 5.93. The van der Waals surface area contributed by atoms with Gasteiger partial charge in [-0.15, -0.1) is 11.3 Å². The fraction of sp³-hybridized carbons (Fsp3) is 0.333. The van der Waals surface area contributed by atoms with Crippen LogP contribution in [0.5, 0.6) is 11.5 Å². The van der Waals surface area contributed by atoms with E-state index in [2.05, 4.69) is 5.32 Å². The molecule has 2 unspecified atom stereocenters. The molecule has 1 aliphatic rings. The van der Waals surface area contributed by atoms with Crippen LogP contribution in [0.25, 0.3) is 11.1 Å². The first kappa shape index (κ1) is 23.8. The van der Waals surface area contributed by atoms with Gasteiger partial charge in [0.1, 0.15) is 22.1 Å². The number of thiophene rings is 1. The van der Waals surface area contributed by atoms with Crippen LogP contribution in [0.2, 0.25) is 0 Å². The minimum absolute atomic E-state index is 0.0779. The van der Waals surface area contributed by atoms with Crippen molar-refractivity contribution in [3.63, 3.8) is 0 Å². The quantitative estimate of drug-likeness (QED) is 0.378. The Hall–Kier alpha value is -3.32. The van der Waals surface area contributed by atoms with Gasteiger partial charge in [0, 0.05) is 16.4 Å². The van der Waals surface area contributed by atoms with Crippen LogP contribution < -0.4 is 14.8 Å². The van der Waals surface area contributed by atoms with Gasteiger partial charge in [-0.1, -0.05) is 24.3 Å². The van der Waals surface area contributed by atoms with E-state index in [1.54, 1.807) is 14.0 Å². The van der Waals surface area contributed by atoms with Crippen molar-refractivity contribution in [3.05, 3.63) is 64.5 Å². The fourth-order valence-corrected chi connectivity index (χ4v) is 5.24. The Bertz CT molecular complexity index is 1170. The maximum atomic E-state index is 13.1. The Morgan fingerprint density at radius 1 is 1.00 bits per heavy atom. The van der Waals surface area contributed by atoms with Crippen molar-refractivity contribution < 1.29 is 23.8 Å². The molecule has 0 spiro atoms. The monoisotopic (exact) mass is 479 g/mol. The summed E-state index contributed by atoms with van der Waals surface area (Å²) < 4.78 is 16.1. The predicted octanol–water partition coefficient (Wildman–Crippen LogP) is 6.05. The molecule has 2 aromatic carbocycles. The smallest absolute Gasteiger partial charge is 0.341 e. The summed E-state index contributed by atoms with van der Waals surface area (Å²) in [5.74, 6) is 1.09. The molecule has 0 bridgehead atoms. The molecule has 1 saturated carbocycles. The standard InChI is InChI=1S/C27H29NO5S/c1-5-32-20-13-9-18(10-14-20)23-16(3)34-26(24(23)27(30)33-6-2)28-25(29)22-15-21(22)17-7-11-19(31-4)12-8-17/h7-14,21-22H,5-6,15H2,1-4H3,(H,28,29). The van der Waals surface area contributed by atoms with Crippen molar-refractivity contribution >= 4 is 28.2 Å². The van der Waals surface area contributed by atoms with Crippen molar-refractivity contribution in [2.45, 2.75) is 33.1 Å². The van der Waals surface area contributed by atoms with Crippen molar-refractivity contribution in [2.75, 3.05) is 25.6 Å². The van der Waals surface area contributed by atoms with E-state index >= 15 is 0 Å². The Kier molecular flexibility index (Phi) is 7.22. The molecule has 1 aliphatic carbocycles. The van der Waals surface area contributed by atoms with Crippen LogP contribution in [0.4, 0.5) is 5.00 Å². The largest absolute Gasteiger partial charge is 0.497 e. The van der Waals surface area contributed by atoms with Crippen molar-refractivity contribution in [1.82, 2.24) is 0 Å². The molecule has 1 heterocycles. The van der Waals surface area contributed by atoms with E-state index in [0.717, 1.165) is 39.5 Å². The summed E-state index contributed by atoms with van der Waals surface area (Å²) in [6.45, 7) is 6.50. The van der Waals surface area contributed by atoms with Gasteiger partial charge in [-0.2, -0.15) is 0 Å². The average Bonchev–Trinajstić information content (AvgIpc) is 3.58. The van der Waals surface area contributed by atoms with Gasteiger partial charge in [0.05, 0.1) is 20.3 Å². The summed E-state index contributed by atoms with van der Waals surface area (Å²) in [6.07, 6.45) is 0.781.